The van der Waals surface area contributed by atoms with Crippen molar-refractivity contribution in [2.24, 2.45) is 0 Å². The predicted molar refractivity (Wildman–Crippen MR) is 65.9 cm³/mol. The summed E-state index contributed by atoms with van der Waals surface area (Å²) in [5, 5.41) is 5.72. The molecule has 0 saturated heterocycles. The van der Waals surface area contributed by atoms with Gasteiger partial charge in [0.05, 0.1) is 0 Å². The van der Waals surface area contributed by atoms with E-state index in [1.165, 1.54) is 0 Å². The van der Waals surface area contributed by atoms with Crippen LogP contribution < -0.4 is 15.5 Å². The summed E-state index contributed by atoms with van der Waals surface area (Å²) < 4.78 is 0. The van der Waals surface area contributed by atoms with E-state index in [1.807, 2.05) is 43.3 Å². The molecule has 1 fully saturated rings. The summed E-state index contributed by atoms with van der Waals surface area (Å²) in [6.07, 6.45) is 2.20. The first kappa shape index (κ1) is 10.8. The van der Waals surface area contributed by atoms with Gasteiger partial charge in [-0.3, -0.25) is 0 Å². The molecule has 2 rings (SSSR count). The molecule has 1 saturated carbocycles. The third-order valence-corrected chi connectivity index (χ3v) is 2.53. The van der Waals surface area contributed by atoms with Gasteiger partial charge < -0.3 is 15.5 Å². The van der Waals surface area contributed by atoms with Crippen LogP contribution in [0.3, 0.4) is 0 Å². The smallest absolute Gasteiger partial charge is 0.319 e. The van der Waals surface area contributed by atoms with Crippen molar-refractivity contribution in [3.05, 3.63) is 24.3 Å². The molecule has 0 aliphatic heterocycles. The highest BCUT2D eigenvalue weighted by Gasteiger charge is 2.23. The molecule has 0 aromatic heterocycles. The maximum Gasteiger partial charge on any atom is 0.319 e. The predicted octanol–water partition coefficient (Wildman–Crippen LogP) is 2.04. The van der Waals surface area contributed by atoms with Gasteiger partial charge in [-0.1, -0.05) is 6.07 Å². The number of rotatable bonds is 3. The van der Waals surface area contributed by atoms with Crippen molar-refractivity contribution in [1.82, 2.24) is 5.32 Å². The fraction of sp³-hybridized carbons (Fsp3) is 0.417. The number of carbonyl (C=O) groups is 1. The number of anilines is 2. The molecule has 0 spiro atoms. The normalized spacial score (nSPS) is 14.4. The van der Waals surface area contributed by atoms with Crippen LogP contribution in [0.15, 0.2) is 24.3 Å². The highest BCUT2D eigenvalue weighted by molar-refractivity contribution is 5.90. The molecule has 1 aromatic rings. The Labute approximate surface area is 95.6 Å². The zero-order valence-electron chi connectivity index (χ0n) is 9.66. The van der Waals surface area contributed by atoms with Crippen molar-refractivity contribution in [3.63, 3.8) is 0 Å². The molecule has 2 amide bonds. The van der Waals surface area contributed by atoms with Crippen molar-refractivity contribution < 1.29 is 4.79 Å². The number of amides is 2. The van der Waals surface area contributed by atoms with Gasteiger partial charge in [0.25, 0.3) is 0 Å². The summed E-state index contributed by atoms with van der Waals surface area (Å²) in [4.78, 5) is 13.5. The molecule has 1 aliphatic rings. The van der Waals surface area contributed by atoms with Gasteiger partial charge >= 0.3 is 6.03 Å². The molecule has 2 N–H and O–H groups in total. The van der Waals surface area contributed by atoms with E-state index in [1.54, 1.807) is 0 Å². The fourth-order valence-electron chi connectivity index (χ4n) is 1.44. The van der Waals surface area contributed by atoms with Crippen molar-refractivity contribution in [2.45, 2.75) is 18.9 Å². The van der Waals surface area contributed by atoms with Crippen LogP contribution in [0.25, 0.3) is 0 Å². The summed E-state index contributed by atoms with van der Waals surface area (Å²) in [5.41, 5.74) is 1.90. The zero-order valence-corrected chi connectivity index (χ0v) is 9.66. The van der Waals surface area contributed by atoms with Crippen LogP contribution in [0.1, 0.15) is 12.8 Å². The Balaban J connectivity index is 1.97. The van der Waals surface area contributed by atoms with Crippen LogP contribution in [0.5, 0.6) is 0 Å². The molecular formula is C12H17N3O. The first-order valence-corrected chi connectivity index (χ1v) is 5.50. The molecule has 0 radical (unpaired) electrons. The largest absolute Gasteiger partial charge is 0.378 e. The molecule has 1 aromatic carbocycles. The van der Waals surface area contributed by atoms with Crippen LogP contribution in [-0.4, -0.2) is 26.2 Å². The van der Waals surface area contributed by atoms with E-state index < -0.39 is 0 Å². The molecule has 86 valence electrons. The van der Waals surface area contributed by atoms with E-state index in [0.717, 1.165) is 24.2 Å². The van der Waals surface area contributed by atoms with Crippen molar-refractivity contribution in [3.8, 4) is 0 Å². The quantitative estimate of drug-likeness (QED) is 0.817. The Morgan fingerprint density at radius 3 is 2.75 bits per heavy atom. The SMILES string of the molecule is CN(C)c1cccc(NC(=O)NC2CC2)c1. The molecule has 16 heavy (non-hydrogen) atoms. The van der Waals surface area contributed by atoms with Gasteiger partial charge in [0, 0.05) is 31.5 Å². The molecular weight excluding hydrogens is 202 g/mol. The second-order valence-corrected chi connectivity index (χ2v) is 4.32. The lowest BCUT2D eigenvalue weighted by Gasteiger charge is -2.14. The van der Waals surface area contributed by atoms with Crippen LogP contribution >= 0.6 is 0 Å². The number of nitrogens with one attached hydrogen (secondary N) is 2. The van der Waals surface area contributed by atoms with Crippen LogP contribution in [0, 0.1) is 0 Å². The minimum atomic E-state index is -0.113. The van der Waals surface area contributed by atoms with Gasteiger partial charge in [0.15, 0.2) is 0 Å². The lowest BCUT2D eigenvalue weighted by atomic mass is 10.2. The Morgan fingerprint density at radius 2 is 2.12 bits per heavy atom. The molecule has 1 aliphatic carbocycles. The third-order valence-electron chi connectivity index (χ3n) is 2.53. The third kappa shape index (κ3) is 2.89. The highest BCUT2D eigenvalue weighted by Crippen LogP contribution is 2.20. The maximum atomic E-state index is 11.5. The van der Waals surface area contributed by atoms with Crippen molar-refractivity contribution in [2.75, 3.05) is 24.3 Å². The zero-order chi connectivity index (χ0) is 11.5. The summed E-state index contributed by atoms with van der Waals surface area (Å²) in [5.74, 6) is 0. The van der Waals surface area contributed by atoms with Crippen LogP contribution in [0.2, 0.25) is 0 Å². The maximum absolute atomic E-state index is 11.5. The number of nitrogens with zero attached hydrogens (tertiary/aromatic N) is 1. The van der Waals surface area contributed by atoms with E-state index in [9.17, 15) is 4.79 Å². The van der Waals surface area contributed by atoms with Crippen LogP contribution in [0.4, 0.5) is 16.2 Å². The minimum Gasteiger partial charge on any atom is -0.378 e. The molecule has 0 unspecified atom stereocenters. The van der Waals surface area contributed by atoms with Gasteiger partial charge in [-0.25, -0.2) is 4.79 Å². The van der Waals surface area contributed by atoms with E-state index in [0.29, 0.717) is 6.04 Å². The number of urea groups is 1. The second-order valence-electron chi connectivity index (χ2n) is 4.32. The molecule has 0 heterocycles. The highest BCUT2D eigenvalue weighted by atomic mass is 16.2. The number of hydrogen-bond acceptors (Lipinski definition) is 2. The lowest BCUT2D eigenvalue weighted by molar-refractivity contribution is 0.251. The molecule has 0 bridgehead atoms. The summed E-state index contributed by atoms with van der Waals surface area (Å²) in [6.45, 7) is 0. The van der Waals surface area contributed by atoms with E-state index in [2.05, 4.69) is 10.6 Å². The topological polar surface area (TPSA) is 44.4 Å². The Bertz CT molecular complexity index is 386. The minimum absolute atomic E-state index is 0.113. The van der Waals surface area contributed by atoms with Crippen molar-refractivity contribution in [1.29, 1.82) is 0 Å². The van der Waals surface area contributed by atoms with Crippen LogP contribution in [-0.2, 0) is 0 Å². The van der Waals surface area contributed by atoms with Gasteiger partial charge in [0.1, 0.15) is 0 Å². The van der Waals surface area contributed by atoms with Crippen molar-refractivity contribution >= 4 is 17.4 Å². The number of benzene rings is 1. The Kier molecular flexibility index (Phi) is 2.99. The number of carbonyl (C=O) groups excluding carboxylic acids is 1. The summed E-state index contributed by atoms with van der Waals surface area (Å²) in [7, 11) is 3.95. The monoisotopic (exact) mass is 219 g/mol. The first-order valence-electron chi connectivity index (χ1n) is 5.50. The fourth-order valence-corrected chi connectivity index (χ4v) is 1.44. The first-order chi connectivity index (χ1) is 7.65. The van der Waals surface area contributed by atoms with Gasteiger partial charge in [-0.15, -0.1) is 0 Å². The average molecular weight is 219 g/mol. The molecule has 4 nitrogen and oxygen atoms in total. The standard InChI is InChI=1S/C12H17N3O/c1-15(2)11-5-3-4-10(8-11)14-12(16)13-9-6-7-9/h3-5,8-9H,6-7H2,1-2H3,(H2,13,14,16). The van der Waals surface area contributed by atoms with Gasteiger partial charge in [-0.2, -0.15) is 0 Å². The van der Waals surface area contributed by atoms with E-state index >= 15 is 0 Å². The lowest BCUT2D eigenvalue weighted by Crippen LogP contribution is -2.30. The van der Waals surface area contributed by atoms with Gasteiger partial charge in [0.2, 0.25) is 0 Å². The number of hydrogen-bond donors (Lipinski definition) is 2. The average Bonchev–Trinajstić information content (AvgIpc) is 3.01. The summed E-state index contributed by atoms with van der Waals surface area (Å²) >= 11 is 0. The molecule has 0 atom stereocenters. The van der Waals surface area contributed by atoms with E-state index in [-0.39, 0.29) is 6.03 Å². The van der Waals surface area contributed by atoms with Gasteiger partial charge in [-0.05, 0) is 31.0 Å². The van der Waals surface area contributed by atoms with E-state index in [4.69, 9.17) is 0 Å². The Morgan fingerprint density at radius 1 is 1.38 bits per heavy atom. The molecule has 4 heteroatoms. The Hall–Kier alpha value is -1.71. The second kappa shape index (κ2) is 4.43. The summed E-state index contributed by atoms with van der Waals surface area (Å²) in [6, 6.07) is 8.05.